The van der Waals surface area contributed by atoms with Crippen molar-refractivity contribution >= 4 is 32.5 Å². The smallest absolute Gasteiger partial charge is 0.259 e. The van der Waals surface area contributed by atoms with Crippen LogP contribution in [0.3, 0.4) is 0 Å². The highest BCUT2D eigenvalue weighted by Gasteiger charge is 2.32. The second-order valence-corrected chi connectivity index (χ2v) is 9.94. The minimum atomic E-state index is -3.79. The minimum absolute atomic E-state index is 0.0852. The Balaban J connectivity index is 1.37. The first-order valence-electron chi connectivity index (χ1n) is 10.9. The number of aromatic amines is 1. The number of H-pyrrole nitrogens is 1. The summed E-state index contributed by atoms with van der Waals surface area (Å²) in [5.41, 5.74) is 0.841. The van der Waals surface area contributed by atoms with Crippen LogP contribution in [0, 0.1) is 0 Å². The Labute approximate surface area is 200 Å². The Morgan fingerprint density at radius 1 is 1.00 bits per heavy atom. The molecule has 1 amide bonds. The number of rotatable bonds is 5. The van der Waals surface area contributed by atoms with E-state index in [0.29, 0.717) is 28.0 Å². The van der Waals surface area contributed by atoms with Crippen LogP contribution in [0.5, 0.6) is 11.5 Å². The summed E-state index contributed by atoms with van der Waals surface area (Å²) in [6.45, 7) is 0.642. The SMILES string of the molecule is COc1ccc(S(=O)(=O)N2CCN(C(=O)c3cnn4c3[nH]c(=O)c3ccccc34)CC2)cc1OC. The normalized spacial score (nSPS) is 15.0. The Morgan fingerprint density at radius 2 is 1.71 bits per heavy atom. The topological polar surface area (TPSA) is 126 Å². The van der Waals surface area contributed by atoms with Crippen LogP contribution in [-0.2, 0) is 10.0 Å². The van der Waals surface area contributed by atoms with Crippen molar-refractivity contribution in [1.82, 2.24) is 23.8 Å². The number of fused-ring (bicyclic) bond motifs is 3. The molecule has 2 aromatic heterocycles. The number of carbonyl (C=O) groups is 1. The summed E-state index contributed by atoms with van der Waals surface area (Å²) in [4.78, 5) is 30.1. The van der Waals surface area contributed by atoms with Crippen molar-refractivity contribution in [2.45, 2.75) is 4.90 Å². The Bertz CT molecular complexity index is 1600. The van der Waals surface area contributed by atoms with Gasteiger partial charge in [0.2, 0.25) is 10.0 Å². The molecule has 0 radical (unpaired) electrons. The largest absolute Gasteiger partial charge is 0.493 e. The number of carbonyl (C=O) groups excluding carboxylic acids is 1. The summed E-state index contributed by atoms with van der Waals surface area (Å²) < 4.78 is 39.6. The number of methoxy groups -OCH3 is 2. The number of sulfonamides is 1. The Kier molecular flexibility index (Phi) is 5.69. The fraction of sp³-hybridized carbons (Fsp3) is 0.261. The number of benzene rings is 2. The van der Waals surface area contributed by atoms with Crippen molar-refractivity contribution in [2.24, 2.45) is 0 Å². The number of aromatic nitrogens is 3. The number of hydrogen-bond acceptors (Lipinski definition) is 7. The maximum atomic E-state index is 13.3. The van der Waals surface area contributed by atoms with Crippen LogP contribution in [-0.4, -0.2) is 78.5 Å². The van der Waals surface area contributed by atoms with E-state index in [-0.39, 0.29) is 48.1 Å². The van der Waals surface area contributed by atoms with E-state index >= 15 is 0 Å². The van der Waals surface area contributed by atoms with Gasteiger partial charge in [0.25, 0.3) is 11.5 Å². The molecule has 1 aliphatic rings. The van der Waals surface area contributed by atoms with E-state index in [0.717, 1.165) is 0 Å². The van der Waals surface area contributed by atoms with Crippen molar-refractivity contribution < 1.29 is 22.7 Å². The highest BCUT2D eigenvalue weighted by molar-refractivity contribution is 7.89. The third-order valence-electron chi connectivity index (χ3n) is 6.13. The maximum absolute atomic E-state index is 13.3. The van der Waals surface area contributed by atoms with Gasteiger partial charge in [-0.25, -0.2) is 12.9 Å². The predicted octanol–water partition coefficient (Wildman–Crippen LogP) is 1.34. The average Bonchev–Trinajstić information content (AvgIpc) is 3.32. The van der Waals surface area contributed by atoms with E-state index in [4.69, 9.17) is 9.47 Å². The number of nitrogens with zero attached hydrogens (tertiary/aromatic N) is 4. The highest BCUT2D eigenvalue weighted by Crippen LogP contribution is 2.31. The zero-order chi connectivity index (χ0) is 24.7. The fourth-order valence-electron chi connectivity index (χ4n) is 4.26. The number of nitrogens with one attached hydrogen (secondary N) is 1. The van der Waals surface area contributed by atoms with E-state index < -0.39 is 10.0 Å². The van der Waals surface area contributed by atoms with Gasteiger partial charge in [0.15, 0.2) is 11.5 Å². The van der Waals surface area contributed by atoms with E-state index in [1.165, 1.54) is 41.4 Å². The summed E-state index contributed by atoms with van der Waals surface area (Å²) in [6, 6.07) is 11.4. The standard InChI is InChI=1S/C23H23N5O6S/c1-33-19-8-7-15(13-20(19)34-2)35(31,32)27-11-9-26(10-12-27)23(30)17-14-24-28-18-6-4-3-5-16(18)22(29)25-21(17)28/h3-8,13-14H,9-12H2,1-2H3,(H,25,29). The summed E-state index contributed by atoms with van der Waals surface area (Å²) >= 11 is 0. The molecule has 35 heavy (non-hydrogen) atoms. The summed E-state index contributed by atoms with van der Waals surface area (Å²) in [5, 5.41) is 4.77. The van der Waals surface area contributed by atoms with Gasteiger partial charge in [0.1, 0.15) is 11.2 Å². The van der Waals surface area contributed by atoms with Crippen LogP contribution >= 0.6 is 0 Å². The second-order valence-electron chi connectivity index (χ2n) is 8.00. The number of hydrogen-bond donors (Lipinski definition) is 1. The molecule has 1 fully saturated rings. The summed E-state index contributed by atoms with van der Waals surface area (Å²) in [7, 11) is -0.875. The van der Waals surface area contributed by atoms with E-state index in [9.17, 15) is 18.0 Å². The van der Waals surface area contributed by atoms with Crippen LogP contribution in [0.1, 0.15) is 10.4 Å². The van der Waals surface area contributed by atoms with E-state index in [1.807, 2.05) is 0 Å². The molecule has 1 aliphatic heterocycles. The first-order valence-corrected chi connectivity index (χ1v) is 12.3. The van der Waals surface area contributed by atoms with Gasteiger partial charge in [-0.3, -0.25) is 9.59 Å². The predicted molar refractivity (Wildman–Crippen MR) is 128 cm³/mol. The minimum Gasteiger partial charge on any atom is -0.493 e. The van der Waals surface area contributed by atoms with E-state index in [1.54, 1.807) is 35.2 Å². The molecular formula is C23H23N5O6S. The molecule has 0 aliphatic carbocycles. The molecule has 0 bridgehead atoms. The highest BCUT2D eigenvalue weighted by atomic mass is 32.2. The molecule has 1 saturated heterocycles. The Morgan fingerprint density at radius 3 is 2.43 bits per heavy atom. The third-order valence-corrected chi connectivity index (χ3v) is 8.02. The number of piperazine rings is 1. The third kappa shape index (κ3) is 3.80. The zero-order valence-electron chi connectivity index (χ0n) is 19.1. The van der Waals surface area contributed by atoms with Crippen molar-refractivity contribution in [3.05, 3.63) is 64.6 Å². The lowest BCUT2D eigenvalue weighted by Gasteiger charge is -2.33. The average molecular weight is 498 g/mol. The van der Waals surface area contributed by atoms with Gasteiger partial charge in [0.05, 0.1) is 36.2 Å². The maximum Gasteiger partial charge on any atom is 0.259 e. The molecule has 5 rings (SSSR count). The molecule has 11 nitrogen and oxygen atoms in total. The molecule has 0 spiro atoms. The Hall–Kier alpha value is -3.90. The van der Waals surface area contributed by atoms with Crippen molar-refractivity contribution in [3.63, 3.8) is 0 Å². The van der Waals surface area contributed by atoms with Gasteiger partial charge < -0.3 is 19.4 Å². The molecule has 12 heteroatoms. The van der Waals surface area contributed by atoms with Gasteiger partial charge in [-0.15, -0.1) is 0 Å². The van der Waals surface area contributed by atoms with E-state index in [2.05, 4.69) is 10.1 Å². The molecule has 4 aromatic rings. The molecule has 1 N–H and O–H groups in total. The lowest BCUT2D eigenvalue weighted by Crippen LogP contribution is -2.50. The molecule has 0 unspecified atom stereocenters. The van der Waals surface area contributed by atoms with Crippen molar-refractivity contribution in [2.75, 3.05) is 40.4 Å². The first kappa shape index (κ1) is 22.9. The first-order chi connectivity index (χ1) is 16.8. The van der Waals surface area contributed by atoms with Gasteiger partial charge in [-0.05, 0) is 24.3 Å². The fourth-order valence-corrected chi connectivity index (χ4v) is 5.70. The summed E-state index contributed by atoms with van der Waals surface area (Å²) in [5.74, 6) is 0.423. The van der Waals surface area contributed by atoms with Crippen molar-refractivity contribution in [3.8, 4) is 11.5 Å². The summed E-state index contributed by atoms with van der Waals surface area (Å²) in [6.07, 6.45) is 1.42. The number of ether oxygens (including phenoxy) is 2. The molecule has 0 saturated carbocycles. The van der Waals surface area contributed by atoms with Crippen LogP contribution in [0.4, 0.5) is 0 Å². The lowest BCUT2D eigenvalue weighted by atomic mass is 10.2. The lowest BCUT2D eigenvalue weighted by molar-refractivity contribution is 0.0699. The number of para-hydroxylation sites is 1. The molecule has 182 valence electrons. The monoisotopic (exact) mass is 497 g/mol. The second kappa shape index (κ2) is 8.71. The molecule has 0 atom stereocenters. The van der Waals surface area contributed by atoms with Crippen LogP contribution in [0.2, 0.25) is 0 Å². The van der Waals surface area contributed by atoms with Gasteiger partial charge in [0, 0.05) is 32.2 Å². The van der Waals surface area contributed by atoms with Crippen LogP contribution < -0.4 is 15.0 Å². The molecular weight excluding hydrogens is 474 g/mol. The van der Waals surface area contributed by atoms with Gasteiger partial charge in [-0.1, -0.05) is 12.1 Å². The van der Waals surface area contributed by atoms with Gasteiger partial charge in [-0.2, -0.15) is 9.40 Å². The van der Waals surface area contributed by atoms with Crippen LogP contribution in [0.25, 0.3) is 16.6 Å². The van der Waals surface area contributed by atoms with Gasteiger partial charge >= 0.3 is 0 Å². The molecule has 3 heterocycles. The number of amides is 1. The van der Waals surface area contributed by atoms with Crippen molar-refractivity contribution in [1.29, 1.82) is 0 Å². The molecule has 2 aromatic carbocycles. The zero-order valence-corrected chi connectivity index (χ0v) is 19.9. The quantitative estimate of drug-likeness (QED) is 0.441. The van der Waals surface area contributed by atoms with Crippen LogP contribution in [0.15, 0.2) is 58.4 Å².